The van der Waals surface area contributed by atoms with Gasteiger partial charge in [-0.05, 0) is 43.3 Å². The molecule has 0 spiro atoms. The minimum atomic E-state index is 0.620. The zero-order chi connectivity index (χ0) is 11.4. The highest BCUT2D eigenvalue weighted by molar-refractivity contribution is 5.41. The predicted octanol–water partition coefficient (Wildman–Crippen LogP) is 2.95. The van der Waals surface area contributed by atoms with E-state index in [-0.39, 0.29) is 0 Å². The molecular weight excluding hydrogens is 202 g/mol. The number of rotatable bonds is 3. The van der Waals surface area contributed by atoms with Gasteiger partial charge in [0.25, 0.3) is 0 Å². The van der Waals surface area contributed by atoms with Crippen molar-refractivity contribution in [3.05, 3.63) is 54.1 Å². The van der Waals surface area contributed by atoms with Crippen LogP contribution in [0.5, 0.6) is 11.5 Å². The second kappa shape index (κ2) is 4.57. The largest absolute Gasteiger partial charge is 0.399 e. The van der Waals surface area contributed by atoms with Crippen LogP contribution in [-0.4, -0.2) is 0 Å². The minimum absolute atomic E-state index is 0.620. The molecule has 2 aromatic rings. The molecule has 3 heteroatoms. The summed E-state index contributed by atoms with van der Waals surface area (Å²) in [6.45, 7) is 2.02. The first-order valence-electron chi connectivity index (χ1n) is 5.01. The molecule has 0 aliphatic carbocycles. The van der Waals surface area contributed by atoms with Crippen molar-refractivity contribution < 1.29 is 9.78 Å². The number of aryl methyl sites for hydroxylation is 1. The molecule has 82 valence electrons. The third-order valence-electron chi connectivity index (χ3n) is 2.14. The van der Waals surface area contributed by atoms with Crippen molar-refractivity contribution in [1.82, 2.24) is 0 Å². The van der Waals surface area contributed by atoms with Crippen LogP contribution in [0.4, 0.5) is 5.69 Å². The van der Waals surface area contributed by atoms with Gasteiger partial charge in [-0.3, -0.25) is 9.78 Å². The number of benzene rings is 2. The molecule has 16 heavy (non-hydrogen) atoms. The molecule has 0 amide bonds. The maximum atomic E-state index is 5.55. The third kappa shape index (κ3) is 2.67. The molecule has 0 aliphatic heterocycles. The zero-order valence-corrected chi connectivity index (χ0v) is 9.01. The molecular formula is C13H13NO2. The van der Waals surface area contributed by atoms with Crippen molar-refractivity contribution in [2.24, 2.45) is 0 Å². The van der Waals surface area contributed by atoms with Crippen molar-refractivity contribution in [3.63, 3.8) is 0 Å². The third-order valence-corrected chi connectivity index (χ3v) is 2.14. The Morgan fingerprint density at radius 1 is 0.750 bits per heavy atom. The molecule has 0 saturated carbocycles. The van der Waals surface area contributed by atoms with E-state index in [1.807, 2.05) is 31.2 Å². The topological polar surface area (TPSA) is 44.5 Å². The van der Waals surface area contributed by atoms with Crippen molar-refractivity contribution >= 4 is 5.69 Å². The fraction of sp³-hybridized carbons (Fsp3) is 0.0769. The second-order valence-electron chi connectivity index (χ2n) is 3.55. The smallest absolute Gasteiger partial charge is 0.178 e. The maximum absolute atomic E-state index is 5.55. The summed E-state index contributed by atoms with van der Waals surface area (Å²) in [5.74, 6) is 1.29. The van der Waals surface area contributed by atoms with Crippen LogP contribution < -0.4 is 15.5 Å². The highest BCUT2D eigenvalue weighted by Gasteiger charge is 1.97. The van der Waals surface area contributed by atoms with Crippen LogP contribution in [0.1, 0.15) is 5.56 Å². The van der Waals surface area contributed by atoms with Crippen molar-refractivity contribution in [2.45, 2.75) is 6.92 Å². The Bertz CT molecular complexity index is 403. The molecule has 0 unspecified atom stereocenters. The van der Waals surface area contributed by atoms with Gasteiger partial charge in [-0.15, -0.1) is 0 Å². The van der Waals surface area contributed by atoms with Crippen LogP contribution in [0.25, 0.3) is 0 Å². The fourth-order valence-electron chi connectivity index (χ4n) is 1.21. The molecule has 0 fully saturated rings. The van der Waals surface area contributed by atoms with Gasteiger partial charge < -0.3 is 5.73 Å². The Balaban J connectivity index is 1.97. The van der Waals surface area contributed by atoms with Crippen LogP contribution in [0.15, 0.2) is 48.5 Å². The Morgan fingerprint density at radius 2 is 1.19 bits per heavy atom. The van der Waals surface area contributed by atoms with Crippen LogP contribution in [0, 0.1) is 6.92 Å². The van der Waals surface area contributed by atoms with Crippen molar-refractivity contribution in [2.75, 3.05) is 5.73 Å². The average molecular weight is 215 g/mol. The fourth-order valence-corrected chi connectivity index (χ4v) is 1.21. The van der Waals surface area contributed by atoms with E-state index >= 15 is 0 Å². The maximum Gasteiger partial charge on any atom is 0.178 e. The van der Waals surface area contributed by atoms with Gasteiger partial charge in [0.2, 0.25) is 0 Å². The monoisotopic (exact) mass is 215 g/mol. The molecule has 0 aliphatic rings. The summed E-state index contributed by atoms with van der Waals surface area (Å²) in [6.07, 6.45) is 0. The average Bonchev–Trinajstić information content (AvgIpc) is 2.30. The normalized spacial score (nSPS) is 9.81. The zero-order valence-electron chi connectivity index (χ0n) is 9.01. The summed E-state index contributed by atoms with van der Waals surface area (Å²) in [5.41, 5.74) is 7.43. The molecule has 2 rings (SSSR count). The SMILES string of the molecule is Cc1ccc(OOc2ccc(N)cc2)cc1. The van der Waals surface area contributed by atoms with Crippen LogP contribution >= 0.6 is 0 Å². The van der Waals surface area contributed by atoms with Crippen molar-refractivity contribution in [1.29, 1.82) is 0 Å². The predicted molar refractivity (Wildman–Crippen MR) is 63.3 cm³/mol. The van der Waals surface area contributed by atoms with E-state index in [2.05, 4.69) is 0 Å². The molecule has 0 saturated heterocycles. The Kier molecular flexibility index (Phi) is 2.96. The molecule has 0 aromatic heterocycles. The standard InChI is InChI=1S/C13H13NO2/c1-10-2-6-12(7-3-10)15-16-13-8-4-11(14)5-9-13/h2-9H,14H2,1H3. The summed E-state index contributed by atoms with van der Waals surface area (Å²) < 4.78 is 0. The highest BCUT2D eigenvalue weighted by Crippen LogP contribution is 2.16. The van der Waals surface area contributed by atoms with E-state index < -0.39 is 0 Å². The van der Waals surface area contributed by atoms with Crippen LogP contribution in [0.2, 0.25) is 0 Å². The number of hydrogen-bond donors (Lipinski definition) is 1. The lowest BCUT2D eigenvalue weighted by molar-refractivity contribution is -0.0999. The molecule has 2 N–H and O–H groups in total. The lowest BCUT2D eigenvalue weighted by Crippen LogP contribution is -2.00. The van der Waals surface area contributed by atoms with Gasteiger partial charge in [0, 0.05) is 5.69 Å². The van der Waals surface area contributed by atoms with Gasteiger partial charge in [0.05, 0.1) is 0 Å². The van der Waals surface area contributed by atoms with Gasteiger partial charge in [0.1, 0.15) is 0 Å². The van der Waals surface area contributed by atoms with E-state index in [1.165, 1.54) is 5.56 Å². The number of anilines is 1. The Hall–Kier alpha value is -2.16. The summed E-state index contributed by atoms with van der Waals surface area (Å²) in [5, 5.41) is 0. The quantitative estimate of drug-likeness (QED) is 0.486. The van der Waals surface area contributed by atoms with Crippen molar-refractivity contribution in [3.8, 4) is 11.5 Å². The summed E-state index contributed by atoms with van der Waals surface area (Å²) in [7, 11) is 0. The van der Waals surface area contributed by atoms with E-state index in [1.54, 1.807) is 24.3 Å². The summed E-state index contributed by atoms with van der Waals surface area (Å²) >= 11 is 0. The first-order valence-corrected chi connectivity index (χ1v) is 5.01. The second-order valence-corrected chi connectivity index (χ2v) is 3.55. The first-order chi connectivity index (χ1) is 7.74. The van der Waals surface area contributed by atoms with Gasteiger partial charge in [-0.25, -0.2) is 0 Å². The first kappa shape index (κ1) is 10.4. The van der Waals surface area contributed by atoms with E-state index in [9.17, 15) is 0 Å². The molecule has 0 bridgehead atoms. The molecule has 0 radical (unpaired) electrons. The Labute approximate surface area is 94.3 Å². The lowest BCUT2D eigenvalue weighted by Gasteiger charge is -2.05. The van der Waals surface area contributed by atoms with Crippen LogP contribution in [0.3, 0.4) is 0 Å². The van der Waals surface area contributed by atoms with Gasteiger partial charge in [-0.2, -0.15) is 0 Å². The number of nitrogens with two attached hydrogens (primary N) is 1. The van der Waals surface area contributed by atoms with Gasteiger partial charge >= 0.3 is 0 Å². The van der Waals surface area contributed by atoms with E-state index in [0.717, 1.165) is 0 Å². The molecule has 0 atom stereocenters. The molecule has 3 nitrogen and oxygen atoms in total. The number of hydrogen-bond acceptors (Lipinski definition) is 3. The van der Waals surface area contributed by atoms with Gasteiger partial charge in [-0.1, -0.05) is 17.7 Å². The molecule has 0 heterocycles. The van der Waals surface area contributed by atoms with Gasteiger partial charge in [0.15, 0.2) is 11.5 Å². The molecule has 2 aromatic carbocycles. The van der Waals surface area contributed by atoms with E-state index in [4.69, 9.17) is 15.5 Å². The number of nitrogen functional groups attached to an aromatic ring is 1. The van der Waals surface area contributed by atoms with Crippen LogP contribution in [-0.2, 0) is 0 Å². The minimum Gasteiger partial charge on any atom is -0.399 e. The summed E-state index contributed by atoms with van der Waals surface area (Å²) in [4.78, 5) is 10.3. The van der Waals surface area contributed by atoms with E-state index in [0.29, 0.717) is 17.2 Å². The highest BCUT2D eigenvalue weighted by atomic mass is 17.2. The Morgan fingerprint density at radius 3 is 1.69 bits per heavy atom. The lowest BCUT2D eigenvalue weighted by atomic mass is 10.2. The summed E-state index contributed by atoms with van der Waals surface area (Å²) in [6, 6.07) is 14.7.